The van der Waals surface area contributed by atoms with Crippen LogP contribution in [0.15, 0.2) is 76.7 Å². The van der Waals surface area contributed by atoms with E-state index in [1.54, 1.807) is 11.7 Å². The number of thioether (sulfide) groups is 1. The van der Waals surface area contributed by atoms with Crippen LogP contribution in [0.2, 0.25) is 10.0 Å². The van der Waals surface area contributed by atoms with E-state index in [9.17, 15) is 4.79 Å². The molecule has 0 atom stereocenters. The van der Waals surface area contributed by atoms with E-state index in [0.29, 0.717) is 46.7 Å². The lowest BCUT2D eigenvalue weighted by Crippen LogP contribution is -2.21. The van der Waals surface area contributed by atoms with Gasteiger partial charge >= 0.3 is 0 Å². The van der Waals surface area contributed by atoms with Crippen LogP contribution in [-0.4, -0.2) is 21.2 Å². The first kappa shape index (κ1) is 25.0. The minimum absolute atomic E-state index is 0.188. The van der Waals surface area contributed by atoms with E-state index in [-0.39, 0.29) is 5.56 Å². The molecule has 0 bridgehead atoms. The highest BCUT2D eigenvalue weighted by molar-refractivity contribution is 7.98. The molecule has 0 aliphatic rings. The smallest absolute Gasteiger partial charge is 0.278 e. The van der Waals surface area contributed by atoms with Crippen molar-refractivity contribution in [2.75, 3.05) is 7.11 Å². The maximum absolute atomic E-state index is 13.9. The van der Waals surface area contributed by atoms with Crippen molar-refractivity contribution in [3.05, 3.63) is 102 Å². The number of halogens is 2. The first-order chi connectivity index (χ1) is 17.4. The number of ether oxygens (including phenoxy) is 1. The van der Waals surface area contributed by atoms with Gasteiger partial charge in [-0.15, -0.1) is 0 Å². The molecule has 0 fully saturated rings. The molecule has 0 N–H and O–H groups in total. The van der Waals surface area contributed by atoms with E-state index in [2.05, 4.69) is 0 Å². The third-order valence-electron chi connectivity index (χ3n) is 5.62. The van der Waals surface area contributed by atoms with E-state index in [0.717, 1.165) is 16.8 Å². The largest absolute Gasteiger partial charge is 0.497 e. The summed E-state index contributed by atoms with van der Waals surface area (Å²) in [5.41, 5.74) is 3.69. The fourth-order valence-corrected chi connectivity index (χ4v) is 6.46. The van der Waals surface area contributed by atoms with Crippen LogP contribution in [0.5, 0.6) is 5.75 Å². The number of rotatable bonds is 6. The molecule has 2 aromatic heterocycles. The van der Waals surface area contributed by atoms with E-state index in [1.165, 1.54) is 23.1 Å². The third-order valence-corrected chi connectivity index (χ3v) is 8.75. The van der Waals surface area contributed by atoms with Gasteiger partial charge in [-0.2, -0.15) is 0 Å². The molecule has 0 aliphatic carbocycles. The summed E-state index contributed by atoms with van der Waals surface area (Å²) in [6.07, 6.45) is 0. The second kappa shape index (κ2) is 10.4. The number of hydrogen-bond acceptors (Lipinski definition) is 6. The molecule has 5 rings (SSSR count). The Balaban J connectivity index is 1.73. The van der Waals surface area contributed by atoms with Crippen molar-refractivity contribution in [3.8, 4) is 17.1 Å². The van der Waals surface area contributed by atoms with Crippen LogP contribution in [0.4, 0.5) is 0 Å². The monoisotopic (exact) mass is 571 g/mol. The van der Waals surface area contributed by atoms with Crippen molar-refractivity contribution in [1.29, 1.82) is 0 Å². The molecule has 0 unspecified atom stereocenters. The average molecular weight is 573 g/mol. The molecule has 0 aliphatic heterocycles. The van der Waals surface area contributed by atoms with Crippen molar-refractivity contribution >= 4 is 68.9 Å². The van der Waals surface area contributed by atoms with Crippen LogP contribution in [0.25, 0.3) is 21.7 Å². The standard InChI is InChI=1S/C26H19Cl2N3O2S3/c1-15-13-18(9-12-20(15)27)30-23-22(36-26(30)34)24(32)31(17-7-10-19(33-2)11-8-17)25(29-23)35-14-16-5-3-4-6-21(16)28/h3-13H,14H2,1-2H3. The zero-order valence-corrected chi connectivity index (χ0v) is 23.2. The quantitative estimate of drug-likeness (QED) is 0.118. The summed E-state index contributed by atoms with van der Waals surface area (Å²) in [5, 5.41) is 1.86. The summed E-state index contributed by atoms with van der Waals surface area (Å²) >= 11 is 21.0. The van der Waals surface area contributed by atoms with Crippen LogP contribution in [0.1, 0.15) is 11.1 Å². The normalized spacial score (nSPS) is 11.2. The zero-order valence-electron chi connectivity index (χ0n) is 19.2. The molecule has 0 saturated carbocycles. The number of methoxy groups -OCH3 is 1. The van der Waals surface area contributed by atoms with Gasteiger partial charge in [0.05, 0.1) is 12.8 Å². The Kier molecular flexibility index (Phi) is 7.23. The zero-order chi connectivity index (χ0) is 25.4. The summed E-state index contributed by atoms with van der Waals surface area (Å²) in [6, 6.07) is 20.6. The maximum Gasteiger partial charge on any atom is 0.278 e. The third kappa shape index (κ3) is 4.71. The highest BCUT2D eigenvalue weighted by Crippen LogP contribution is 2.31. The Labute approximate surface area is 230 Å². The van der Waals surface area contributed by atoms with Crippen molar-refractivity contribution < 1.29 is 4.74 Å². The number of thiazole rings is 1. The Morgan fingerprint density at radius 2 is 1.72 bits per heavy atom. The SMILES string of the molecule is COc1ccc(-n2c(SCc3ccccc3Cl)nc3c(sc(=S)n3-c3ccc(Cl)c(C)c3)c2=O)cc1. The molecular formula is C26H19Cl2N3O2S3. The Bertz CT molecular complexity index is 1710. The van der Waals surface area contributed by atoms with Gasteiger partial charge < -0.3 is 4.74 Å². The van der Waals surface area contributed by atoms with Gasteiger partial charge in [0, 0.05) is 21.5 Å². The minimum atomic E-state index is -0.188. The topological polar surface area (TPSA) is 49.0 Å². The van der Waals surface area contributed by atoms with Crippen LogP contribution in [0, 0.1) is 10.9 Å². The van der Waals surface area contributed by atoms with E-state index in [4.69, 9.17) is 45.1 Å². The molecule has 0 spiro atoms. The summed E-state index contributed by atoms with van der Waals surface area (Å²) in [5.74, 6) is 1.24. The van der Waals surface area contributed by atoms with Crippen molar-refractivity contribution in [2.24, 2.45) is 0 Å². The molecule has 0 saturated heterocycles. The van der Waals surface area contributed by atoms with Crippen LogP contribution < -0.4 is 10.3 Å². The van der Waals surface area contributed by atoms with E-state index < -0.39 is 0 Å². The van der Waals surface area contributed by atoms with Gasteiger partial charge in [-0.3, -0.25) is 13.9 Å². The summed E-state index contributed by atoms with van der Waals surface area (Å²) < 4.78 is 9.75. The van der Waals surface area contributed by atoms with Gasteiger partial charge in [0.1, 0.15) is 10.4 Å². The lowest BCUT2D eigenvalue weighted by atomic mass is 10.2. The van der Waals surface area contributed by atoms with E-state index in [1.807, 2.05) is 78.2 Å². The van der Waals surface area contributed by atoms with Gasteiger partial charge in [-0.25, -0.2) is 4.98 Å². The molecule has 5 nitrogen and oxygen atoms in total. The molecule has 182 valence electrons. The number of aromatic nitrogens is 3. The predicted octanol–water partition coefficient (Wildman–Crippen LogP) is 7.88. The number of nitrogens with zero attached hydrogens (tertiary/aromatic N) is 3. The molecule has 0 amide bonds. The fourth-order valence-electron chi connectivity index (χ4n) is 3.74. The number of aryl methyl sites for hydroxylation is 1. The molecule has 36 heavy (non-hydrogen) atoms. The lowest BCUT2D eigenvalue weighted by Gasteiger charge is -2.14. The predicted molar refractivity (Wildman–Crippen MR) is 153 cm³/mol. The molecule has 0 radical (unpaired) electrons. The first-order valence-corrected chi connectivity index (χ1v) is 13.8. The lowest BCUT2D eigenvalue weighted by molar-refractivity contribution is 0.414. The van der Waals surface area contributed by atoms with Gasteiger partial charge in [0.15, 0.2) is 14.8 Å². The second-order valence-electron chi connectivity index (χ2n) is 7.90. The molecule has 10 heteroatoms. The number of fused-ring (bicyclic) bond motifs is 1. The number of hydrogen-bond donors (Lipinski definition) is 0. The highest BCUT2D eigenvalue weighted by Gasteiger charge is 2.20. The van der Waals surface area contributed by atoms with Gasteiger partial charge in [-0.1, -0.05) is 64.5 Å². The number of benzene rings is 3. The molecule has 3 aromatic carbocycles. The molecule has 5 aromatic rings. The van der Waals surface area contributed by atoms with Crippen molar-refractivity contribution in [3.63, 3.8) is 0 Å². The second-order valence-corrected chi connectivity index (χ2v) is 11.3. The van der Waals surface area contributed by atoms with Crippen LogP contribution >= 0.6 is 58.5 Å². The minimum Gasteiger partial charge on any atom is -0.497 e. The Morgan fingerprint density at radius 1 is 1.00 bits per heavy atom. The Morgan fingerprint density at radius 3 is 2.42 bits per heavy atom. The van der Waals surface area contributed by atoms with E-state index >= 15 is 0 Å². The summed E-state index contributed by atoms with van der Waals surface area (Å²) in [4.78, 5) is 18.9. The van der Waals surface area contributed by atoms with Crippen LogP contribution in [0.3, 0.4) is 0 Å². The van der Waals surface area contributed by atoms with Gasteiger partial charge in [-0.05, 0) is 78.8 Å². The van der Waals surface area contributed by atoms with Crippen molar-refractivity contribution in [1.82, 2.24) is 14.1 Å². The van der Waals surface area contributed by atoms with Crippen LogP contribution in [-0.2, 0) is 5.75 Å². The molecule has 2 heterocycles. The highest BCUT2D eigenvalue weighted by atomic mass is 35.5. The fraction of sp³-hybridized carbons (Fsp3) is 0.115. The maximum atomic E-state index is 13.9. The summed E-state index contributed by atoms with van der Waals surface area (Å²) in [6.45, 7) is 1.93. The van der Waals surface area contributed by atoms with Gasteiger partial charge in [0.2, 0.25) is 0 Å². The van der Waals surface area contributed by atoms with Gasteiger partial charge in [0.25, 0.3) is 5.56 Å². The summed E-state index contributed by atoms with van der Waals surface area (Å²) in [7, 11) is 1.60. The Hall–Kier alpha value is -2.62. The first-order valence-electron chi connectivity index (χ1n) is 10.8. The molecular weight excluding hydrogens is 553 g/mol. The average Bonchev–Trinajstić information content (AvgIpc) is 3.21. The van der Waals surface area contributed by atoms with Crippen molar-refractivity contribution in [2.45, 2.75) is 17.8 Å².